The van der Waals surface area contributed by atoms with Crippen LogP contribution in [0.3, 0.4) is 0 Å². The standard InChI is InChI=1S/C18H16O6/c1-23-16-8-7-11(9-17(16)24-2)14(19)10-15(20)12-5-3-4-6-13(12)18(21)22/h3-9H,10H2,1-2H3,(H,21,22). The minimum absolute atomic E-state index is 0.0128. The molecule has 0 fully saturated rings. The Kier molecular flexibility index (Phi) is 5.31. The van der Waals surface area contributed by atoms with Crippen molar-refractivity contribution in [2.45, 2.75) is 6.42 Å². The van der Waals surface area contributed by atoms with Crippen molar-refractivity contribution in [3.63, 3.8) is 0 Å². The Balaban J connectivity index is 2.24. The highest BCUT2D eigenvalue weighted by atomic mass is 16.5. The van der Waals surface area contributed by atoms with Crippen molar-refractivity contribution in [3.8, 4) is 11.5 Å². The number of methoxy groups -OCH3 is 2. The molecule has 0 amide bonds. The van der Waals surface area contributed by atoms with Crippen LogP contribution in [0.4, 0.5) is 0 Å². The number of hydrogen-bond donors (Lipinski definition) is 1. The molecule has 0 bridgehead atoms. The molecule has 0 aromatic heterocycles. The van der Waals surface area contributed by atoms with E-state index in [-0.39, 0.29) is 16.7 Å². The SMILES string of the molecule is COc1ccc(C(=O)CC(=O)c2ccccc2C(=O)O)cc1OC. The first-order chi connectivity index (χ1) is 11.5. The van der Waals surface area contributed by atoms with Crippen LogP contribution in [0.1, 0.15) is 37.5 Å². The second-order valence-corrected chi connectivity index (χ2v) is 4.94. The van der Waals surface area contributed by atoms with Gasteiger partial charge in [-0.3, -0.25) is 9.59 Å². The smallest absolute Gasteiger partial charge is 0.336 e. The lowest BCUT2D eigenvalue weighted by Crippen LogP contribution is -2.13. The molecule has 2 aromatic carbocycles. The molecule has 0 atom stereocenters. The highest BCUT2D eigenvalue weighted by molar-refractivity contribution is 6.16. The Morgan fingerprint density at radius 1 is 0.875 bits per heavy atom. The number of ketones is 2. The molecular weight excluding hydrogens is 312 g/mol. The van der Waals surface area contributed by atoms with E-state index in [1.807, 2.05) is 0 Å². The Morgan fingerprint density at radius 2 is 1.50 bits per heavy atom. The monoisotopic (exact) mass is 328 g/mol. The molecule has 2 aromatic rings. The number of ether oxygens (including phenoxy) is 2. The number of carboxylic acid groups (broad SMARTS) is 1. The first kappa shape index (κ1) is 17.2. The summed E-state index contributed by atoms with van der Waals surface area (Å²) in [5.41, 5.74) is 0.176. The first-order valence-corrected chi connectivity index (χ1v) is 7.08. The van der Waals surface area contributed by atoms with E-state index in [1.54, 1.807) is 12.1 Å². The summed E-state index contributed by atoms with van der Waals surface area (Å²) in [7, 11) is 2.92. The van der Waals surface area contributed by atoms with Gasteiger partial charge >= 0.3 is 5.97 Å². The summed E-state index contributed by atoms with van der Waals surface area (Å²) in [6.45, 7) is 0. The summed E-state index contributed by atoms with van der Waals surface area (Å²) in [4.78, 5) is 35.8. The number of carbonyl (C=O) groups excluding carboxylic acids is 2. The Bertz CT molecular complexity index is 794. The first-order valence-electron chi connectivity index (χ1n) is 7.08. The second-order valence-electron chi connectivity index (χ2n) is 4.94. The molecule has 0 heterocycles. The summed E-state index contributed by atoms with van der Waals surface area (Å²) in [6.07, 6.45) is -0.431. The highest BCUT2D eigenvalue weighted by Gasteiger charge is 2.20. The van der Waals surface area contributed by atoms with Gasteiger partial charge in [0.2, 0.25) is 0 Å². The third-order valence-electron chi connectivity index (χ3n) is 3.48. The molecule has 6 nitrogen and oxygen atoms in total. The largest absolute Gasteiger partial charge is 0.493 e. The van der Waals surface area contributed by atoms with E-state index in [2.05, 4.69) is 0 Å². The van der Waals surface area contributed by atoms with Gasteiger partial charge in [0.25, 0.3) is 0 Å². The van der Waals surface area contributed by atoms with Crippen molar-refractivity contribution in [2.24, 2.45) is 0 Å². The van der Waals surface area contributed by atoms with Crippen LogP contribution in [-0.2, 0) is 0 Å². The van der Waals surface area contributed by atoms with E-state index in [1.165, 1.54) is 44.6 Å². The van der Waals surface area contributed by atoms with Gasteiger partial charge in [-0.05, 0) is 24.3 Å². The number of benzene rings is 2. The fourth-order valence-electron chi connectivity index (χ4n) is 2.27. The molecule has 24 heavy (non-hydrogen) atoms. The molecular formula is C18H16O6. The van der Waals surface area contributed by atoms with Crippen molar-refractivity contribution >= 4 is 17.5 Å². The zero-order chi connectivity index (χ0) is 17.7. The molecule has 0 spiro atoms. The van der Waals surface area contributed by atoms with Gasteiger partial charge < -0.3 is 14.6 Å². The Labute approximate surface area is 138 Å². The molecule has 1 N–H and O–H groups in total. The molecule has 0 radical (unpaired) electrons. The molecule has 0 aliphatic carbocycles. The lowest BCUT2D eigenvalue weighted by Gasteiger charge is -2.09. The van der Waals surface area contributed by atoms with Gasteiger partial charge in [0.1, 0.15) is 0 Å². The van der Waals surface area contributed by atoms with Crippen molar-refractivity contribution in [2.75, 3.05) is 14.2 Å². The summed E-state index contributed by atoms with van der Waals surface area (Å²) < 4.78 is 10.2. The lowest BCUT2D eigenvalue weighted by atomic mass is 9.97. The quantitative estimate of drug-likeness (QED) is 0.621. The summed E-state index contributed by atoms with van der Waals surface area (Å²) in [5.74, 6) is -1.34. The Hall–Kier alpha value is -3.15. The minimum atomic E-state index is -1.21. The minimum Gasteiger partial charge on any atom is -0.493 e. The maximum absolute atomic E-state index is 12.3. The zero-order valence-electron chi connectivity index (χ0n) is 13.2. The highest BCUT2D eigenvalue weighted by Crippen LogP contribution is 2.28. The molecule has 6 heteroatoms. The van der Waals surface area contributed by atoms with Crippen molar-refractivity contribution in [1.29, 1.82) is 0 Å². The molecule has 124 valence electrons. The third-order valence-corrected chi connectivity index (χ3v) is 3.48. The van der Waals surface area contributed by atoms with Crippen molar-refractivity contribution in [3.05, 3.63) is 59.2 Å². The number of aromatic carboxylic acids is 1. The van der Waals surface area contributed by atoms with Gasteiger partial charge in [0.15, 0.2) is 23.1 Å². The average Bonchev–Trinajstić information content (AvgIpc) is 2.60. The van der Waals surface area contributed by atoms with Crippen LogP contribution in [0.15, 0.2) is 42.5 Å². The van der Waals surface area contributed by atoms with Gasteiger partial charge in [-0.2, -0.15) is 0 Å². The van der Waals surface area contributed by atoms with Gasteiger partial charge in [-0.25, -0.2) is 4.79 Å². The van der Waals surface area contributed by atoms with Crippen LogP contribution >= 0.6 is 0 Å². The molecule has 0 unspecified atom stereocenters. The van der Waals surface area contributed by atoms with Crippen molar-refractivity contribution in [1.82, 2.24) is 0 Å². The zero-order valence-corrected chi connectivity index (χ0v) is 13.2. The molecule has 0 aliphatic heterocycles. The van der Waals surface area contributed by atoms with Crippen LogP contribution in [-0.4, -0.2) is 36.9 Å². The number of hydrogen-bond acceptors (Lipinski definition) is 5. The maximum Gasteiger partial charge on any atom is 0.336 e. The van der Waals surface area contributed by atoms with Gasteiger partial charge in [-0.15, -0.1) is 0 Å². The number of carbonyl (C=O) groups is 3. The number of Topliss-reactive ketones (excluding diaryl/α,β-unsaturated/α-hetero) is 2. The van der Waals surface area contributed by atoms with E-state index >= 15 is 0 Å². The summed E-state index contributed by atoms with van der Waals surface area (Å²) in [6, 6.07) is 10.4. The summed E-state index contributed by atoms with van der Waals surface area (Å²) in [5, 5.41) is 9.12. The average molecular weight is 328 g/mol. The topological polar surface area (TPSA) is 89.9 Å². The molecule has 2 rings (SSSR count). The number of carboxylic acids is 1. The third kappa shape index (κ3) is 3.60. The molecule has 0 saturated heterocycles. The van der Waals surface area contributed by atoms with Crippen LogP contribution in [0, 0.1) is 0 Å². The van der Waals surface area contributed by atoms with E-state index in [4.69, 9.17) is 14.6 Å². The van der Waals surface area contributed by atoms with Gasteiger partial charge in [-0.1, -0.05) is 18.2 Å². The fraction of sp³-hybridized carbons (Fsp3) is 0.167. The van der Waals surface area contributed by atoms with Crippen LogP contribution < -0.4 is 9.47 Å². The fourth-order valence-corrected chi connectivity index (χ4v) is 2.27. The molecule has 0 saturated carbocycles. The van der Waals surface area contributed by atoms with E-state index in [9.17, 15) is 14.4 Å². The van der Waals surface area contributed by atoms with Crippen LogP contribution in [0.25, 0.3) is 0 Å². The second kappa shape index (κ2) is 7.41. The predicted molar refractivity (Wildman–Crippen MR) is 86.2 cm³/mol. The van der Waals surface area contributed by atoms with E-state index in [0.29, 0.717) is 11.5 Å². The maximum atomic E-state index is 12.3. The normalized spacial score (nSPS) is 10.1. The van der Waals surface area contributed by atoms with Crippen molar-refractivity contribution < 1.29 is 29.0 Å². The lowest BCUT2D eigenvalue weighted by molar-refractivity contribution is 0.0690. The van der Waals surface area contributed by atoms with Crippen LogP contribution in [0.2, 0.25) is 0 Å². The van der Waals surface area contributed by atoms with Crippen LogP contribution in [0.5, 0.6) is 11.5 Å². The van der Waals surface area contributed by atoms with E-state index in [0.717, 1.165) is 0 Å². The summed E-state index contributed by atoms with van der Waals surface area (Å²) >= 11 is 0. The van der Waals surface area contributed by atoms with Gasteiger partial charge in [0.05, 0.1) is 26.2 Å². The van der Waals surface area contributed by atoms with Gasteiger partial charge in [0, 0.05) is 11.1 Å². The van der Waals surface area contributed by atoms with E-state index < -0.39 is 24.0 Å². The number of rotatable bonds is 7. The molecule has 0 aliphatic rings. The Morgan fingerprint density at radius 3 is 2.08 bits per heavy atom. The predicted octanol–water partition coefficient (Wildman–Crippen LogP) is 2.86.